The summed E-state index contributed by atoms with van der Waals surface area (Å²) in [5.74, 6) is 1.18. The topological polar surface area (TPSA) is 26.0 Å². The predicted molar refractivity (Wildman–Crippen MR) is 79.9 cm³/mol. The molecule has 3 atom stereocenters. The number of hydrogen-bond donors (Lipinski definition) is 1. The van der Waals surface area contributed by atoms with Crippen molar-refractivity contribution in [3.63, 3.8) is 0 Å². The second-order valence-electron chi connectivity index (χ2n) is 5.74. The van der Waals surface area contributed by atoms with Gasteiger partial charge in [-0.3, -0.25) is 0 Å². The average Bonchev–Trinajstić information content (AvgIpc) is 2.46. The molecule has 0 fully saturated rings. The van der Waals surface area contributed by atoms with Gasteiger partial charge in [0.05, 0.1) is 0 Å². The minimum Gasteiger partial charge on any atom is -0.324 e. The van der Waals surface area contributed by atoms with Crippen LogP contribution in [0.3, 0.4) is 0 Å². The SMILES string of the molecule is CC1C(Cc2ccccc2)Cc2ccccc2C1N. The minimum atomic E-state index is 0.179. The van der Waals surface area contributed by atoms with Crippen molar-refractivity contribution in [3.8, 4) is 0 Å². The highest BCUT2D eigenvalue weighted by Crippen LogP contribution is 2.37. The van der Waals surface area contributed by atoms with Crippen LogP contribution < -0.4 is 5.73 Å². The molecule has 0 saturated carbocycles. The molecule has 3 unspecified atom stereocenters. The molecule has 3 rings (SSSR count). The fraction of sp³-hybridized carbons (Fsp3) is 0.333. The Kier molecular flexibility index (Phi) is 3.39. The van der Waals surface area contributed by atoms with Gasteiger partial charge in [-0.2, -0.15) is 0 Å². The first-order chi connectivity index (χ1) is 9.25. The zero-order chi connectivity index (χ0) is 13.2. The van der Waals surface area contributed by atoms with Crippen LogP contribution in [0.1, 0.15) is 29.7 Å². The maximum atomic E-state index is 6.43. The van der Waals surface area contributed by atoms with Crippen LogP contribution in [-0.4, -0.2) is 0 Å². The molecule has 1 aliphatic rings. The molecule has 0 saturated heterocycles. The Labute approximate surface area is 115 Å². The van der Waals surface area contributed by atoms with Crippen LogP contribution >= 0.6 is 0 Å². The first kappa shape index (κ1) is 12.4. The van der Waals surface area contributed by atoms with Crippen molar-refractivity contribution in [1.29, 1.82) is 0 Å². The highest BCUT2D eigenvalue weighted by molar-refractivity contribution is 5.33. The van der Waals surface area contributed by atoms with E-state index in [-0.39, 0.29) is 6.04 Å². The quantitative estimate of drug-likeness (QED) is 0.864. The van der Waals surface area contributed by atoms with E-state index in [1.165, 1.54) is 16.7 Å². The lowest BCUT2D eigenvalue weighted by Crippen LogP contribution is -2.33. The number of benzene rings is 2. The molecule has 19 heavy (non-hydrogen) atoms. The van der Waals surface area contributed by atoms with Gasteiger partial charge in [-0.1, -0.05) is 61.5 Å². The van der Waals surface area contributed by atoms with E-state index in [4.69, 9.17) is 5.73 Å². The summed E-state index contributed by atoms with van der Waals surface area (Å²) in [6, 6.07) is 19.6. The second kappa shape index (κ2) is 5.18. The van der Waals surface area contributed by atoms with Crippen LogP contribution in [0.15, 0.2) is 54.6 Å². The molecule has 2 N–H and O–H groups in total. The summed E-state index contributed by atoms with van der Waals surface area (Å²) >= 11 is 0. The van der Waals surface area contributed by atoms with Crippen molar-refractivity contribution in [2.75, 3.05) is 0 Å². The van der Waals surface area contributed by atoms with Crippen molar-refractivity contribution >= 4 is 0 Å². The van der Waals surface area contributed by atoms with E-state index in [0.29, 0.717) is 11.8 Å². The summed E-state index contributed by atoms with van der Waals surface area (Å²) in [5, 5.41) is 0. The second-order valence-corrected chi connectivity index (χ2v) is 5.74. The first-order valence-corrected chi connectivity index (χ1v) is 7.13. The van der Waals surface area contributed by atoms with Crippen LogP contribution in [0.2, 0.25) is 0 Å². The van der Waals surface area contributed by atoms with Gasteiger partial charge in [0, 0.05) is 6.04 Å². The lowest BCUT2D eigenvalue weighted by molar-refractivity contribution is 0.280. The third-order valence-electron chi connectivity index (χ3n) is 4.55. The molecule has 1 aliphatic carbocycles. The standard InChI is InChI=1S/C18H21N/c1-13-16(11-14-7-3-2-4-8-14)12-15-9-5-6-10-17(15)18(13)19/h2-10,13,16,18H,11-12,19H2,1H3. The maximum absolute atomic E-state index is 6.43. The van der Waals surface area contributed by atoms with E-state index in [1.807, 2.05) is 0 Å². The first-order valence-electron chi connectivity index (χ1n) is 7.13. The van der Waals surface area contributed by atoms with Gasteiger partial charge in [-0.25, -0.2) is 0 Å². The molecule has 1 nitrogen and oxygen atoms in total. The molecule has 0 heterocycles. The molecule has 0 aromatic heterocycles. The van der Waals surface area contributed by atoms with Crippen LogP contribution in [0, 0.1) is 11.8 Å². The monoisotopic (exact) mass is 251 g/mol. The molecule has 2 aromatic carbocycles. The Morgan fingerprint density at radius 2 is 1.68 bits per heavy atom. The molecule has 0 aliphatic heterocycles. The minimum absolute atomic E-state index is 0.179. The summed E-state index contributed by atoms with van der Waals surface area (Å²) < 4.78 is 0. The van der Waals surface area contributed by atoms with Crippen molar-refractivity contribution in [2.45, 2.75) is 25.8 Å². The number of rotatable bonds is 2. The Morgan fingerprint density at radius 1 is 1.00 bits per heavy atom. The highest BCUT2D eigenvalue weighted by atomic mass is 14.7. The van der Waals surface area contributed by atoms with Crippen LogP contribution in [0.4, 0.5) is 0 Å². The summed E-state index contributed by atoms with van der Waals surface area (Å²) in [7, 11) is 0. The summed E-state index contributed by atoms with van der Waals surface area (Å²) in [4.78, 5) is 0. The molecular weight excluding hydrogens is 230 g/mol. The van der Waals surface area contributed by atoms with Crippen molar-refractivity contribution < 1.29 is 0 Å². The summed E-state index contributed by atoms with van der Waals surface area (Å²) in [5.41, 5.74) is 10.6. The summed E-state index contributed by atoms with van der Waals surface area (Å²) in [6.45, 7) is 2.30. The van der Waals surface area contributed by atoms with E-state index < -0.39 is 0 Å². The molecular formula is C18H21N. The van der Waals surface area contributed by atoms with Gasteiger partial charge in [-0.05, 0) is 41.4 Å². The van der Waals surface area contributed by atoms with Gasteiger partial charge in [0.1, 0.15) is 0 Å². The van der Waals surface area contributed by atoms with Gasteiger partial charge >= 0.3 is 0 Å². The van der Waals surface area contributed by atoms with E-state index >= 15 is 0 Å². The van der Waals surface area contributed by atoms with E-state index in [0.717, 1.165) is 12.8 Å². The van der Waals surface area contributed by atoms with E-state index in [2.05, 4.69) is 61.5 Å². The smallest absolute Gasteiger partial charge is 0.0326 e. The largest absolute Gasteiger partial charge is 0.324 e. The normalized spacial score (nSPS) is 25.9. The number of nitrogens with two attached hydrogens (primary N) is 1. The van der Waals surface area contributed by atoms with E-state index in [9.17, 15) is 0 Å². The van der Waals surface area contributed by atoms with Gasteiger partial charge in [0.2, 0.25) is 0 Å². The molecule has 0 radical (unpaired) electrons. The fourth-order valence-corrected chi connectivity index (χ4v) is 3.26. The zero-order valence-corrected chi connectivity index (χ0v) is 11.4. The molecule has 0 amide bonds. The lowest BCUT2D eigenvalue weighted by Gasteiger charge is -2.36. The van der Waals surface area contributed by atoms with Crippen molar-refractivity contribution in [2.24, 2.45) is 17.6 Å². The zero-order valence-electron chi connectivity index (χ0n) is 11.4. The average molecular weight is 251 g/mol. The van der Waals surface area contributed by atoms with Crippen molar-refractivity contribution in [1.82, 2.24) is 0 Å². The molecule has 1 heteroatoms. The van der Waals surface area contributed by atoms with Gasteiger partial charge in [-0.15, -0.1) is 0 Å². The van der Waals surface area contributed by atoms with Gasteiger partial charge in [0.25, 0.3) is 0 Å². The van der Waals surface area contributed by atoms with Crippen molar-refractivity contribution in [3.05, 3.63) is 71.3 Å². The molecule has 98 valence electrons. The van der Waals surface area contributed by atoms with E-state index in [1.54, 1.807) is 0 Å². The predicted octanol–water partition coefficient (Wildman–Crippen LogP) is 3.74. The highest BCUT2D eigenvalue weighted by Gasteiger charge is 2.31. The Balaban J connectivity index is 1.85. The van der Waals surface area contributed by atoms with Gasteiger partial charge < -0.3 is 5.73 Å². The fourth-order valence-electron chi connectivity index (χ4n) is 3.26. The maximum Gasteiger partial charge on any atom is 0.0326 e. The molecule has 2 aromatic rings. The van der Waals surface area contributed by atoms with Crippen LogP contribution in [0.5, 0.6) is 0 Å². The summed E-state index contributed by atoms with van der Waals surface area (Å²) in [6.07, 6.45) is 2.28. The lowest BCUT2D eigenvalue weighted by atomic mass is 9.71. The third kappa shape index (κ3) is 2.43. The molecule has 0 spiro atoms. The van der Waals surface area contributed by atoms with Crippen LogP contribution in [-0.2, 0) is 12.8 Å². The third-order valence-corrected chi connectivity index (χ3v) is 4.55. The Hall–Kier alpha value is -1.60. The molecule has 0 bridgehead atoms. The number of fused-ring (bicyclic) bond motifs is 1. The van der Waals surface area contributed by atoms with Gasteiger partial charge in [0.15, 0.2) is 0 Å². The number of hydrogen-bond acceptors (Lipinski definition) is 1. The Bertz CT molecular complexity index is 547. The van der Waals surface area contributed by atoms with Crippen LogP contribution in [0.25, 0.3) is 0 Å². The Morgan fingerprint density at radius 3 is 2.47 bits per heavy atom.